The molecule has 0 aromatic heterocycles. The maximum atomic E-state index is 13.7. The standard InChI is InChI=1S/C17H25FN2O/c1-3-17(4-2)20(8-9-21)13-15-10-14(6-5-7-19)11-16(18)12-15/h10-12,17,21H,3-4,7-9,13,19H2,1-2H3. The van der Waals surface area contributed by atoms with Crippen molar-refractivity contribution in [1.82, 2.24) is 4.90 Å². The minimum atomic E-state index is -0.290. The van der Waals surface area contributed by atoms with Gasteiger partial charge in [-0.25, -0.2) is 4.39 Å². The molecular formula is C17H25FN2O. The number of aliphatic hydroxyl groups excluding tert-OH is 1. The molecule has 116 valence electrons. The summed E-state index contributed by atoms with van der Waals surface area (Å²) >= 11 is 0. The maximum absolute atomic E-state index is 13.7. The Labute approximate surface area is 127 Å². The molecule has 3 N–H and O–H groups in total. The summed E-state index contributed by atoms with van der Waals surface area (Å²) in [5.41, 5.74) is 6.86. The molecule has 0 atom stereocenters. The summed E-state index contributed by atoms with van der Waals surface area (Å²) in [5, 5.41) is 9.23. The minimum absolute atomic E-state index is 0.103. The van der Waals surface area contributed by atoms with E-state index in [0.29, 0.717) is 24.7 Å². The molecule has 0 aliphatic carbocycles. The van der Waals surface area contributed by atoms with Crippen molar-refractivity contribution < 1.29 is 9.50 Å². The van der Waals surface area contributed by atoms with Gasteiger partial charge in [0.2, 0.25) is 0 Å². The molecule has 0 unspecified atom stereocenters. The van der Waals surface area contributed by atoms with Crippen LogP contribution in [0.15, 0.2) is 18.2 Å². The van der Waals surface area contributed by atoms with E-state index in [1.807, 2.05) is 6.07 Å². The number of nitrogens with two attached hydrogens (primary N) is 1. The average molecular weight is 292 g/mol. The fourth-order valence-electron chi connectivity index (χ4n) is 2.53. The first kappa shape index (κ1) is 17.6. The molecule has 0 bridgehead atoms. The lowest BCUT2D eigenvalue weighted by molar-refractivity contribution is 0.136. The topological polar surface area (TPSA) is 49.5 Å². The highest BCUT2D eigenvalue weighted by Crippen LogP contribution is 2.15. The second kappa shape index (κ2) is 9.51. The van der Waals surface area contributed by atoms with Crippen molar-refractivity contribution in [2.45, 2.75) is 39.3 Å². The van der Waals surface area contributed by atoms with Gasteiger partial charge in [0.05, 0.1) is 13.2 Å². The van der Waals surface area contributed by atoms with E-state index in [0.717, 1.165) is 18.4 Å². The third kappa shape index (κ3) is 5.84. The van der Waals surface area contributed by atoms with Crippen LogP contribution < -0.4 is 5.73 Å². The van der Waals surface area contributed by atoms with Crippen molar-refractivity contribution in [1.29, 1.82) is 0 Å². The van der Waals surface area contributed by atoms with Gasteiger partial charge in [-0.2, -0.15) is 0 Å². The number of hydrogen-bond acceptors (Lipinski definition) is 3. The second-order valence-corrected chi connectivity index (χ2v) is 5.02. The van der Waals surface area contributed by atoms with Gasteiger partial charge in [0.25, 0.3) is 0 Å². The zero-order chi connectivity index (χ0) is 15.7. The predicted octanol–water partition coefficient (Wildman–Crippen LogP) is 2.12. The molecule has 0 fully saturated rings. The molecule has 4 heteroatoms. The fourth-order valence-corrected chi connectivity index (χ4v) is 2.53. The van der Waals surface area contributed by atoms with E-state index in [-0.39, 0.29) is 19.0 Å². The van der Waals surface area contributed by atoms with Gasteiger partial charge in [0, 0.05) is 24.7 Å². The van der Waals surface area contributed by atoms with Crippen LogP contribution in [0, 0.1) is 17.7 Å². The number of rotatable bonds is 7. The van der Waals surface area contributed by atoms with E-state index < -0.39 is 0 Å². The number of aliphatic hydroxyl groups is 1. The maximum Gasteiger partial charge on any atom is 0.124 e. The van der Waals surface area contributed by atoms with Crippen LogP contribution in [-0.2, 0) is 6.54 Å². The Kier molecular flexibility index (Phi) is 7.99. The molecule has 0 saturated heterocycles. The number of nitrogens with zero attached hydrogens (tertiary/aromatic N) is 1. The van der Waals surface area contributed by atoms with Gasteiger partial charge < -0.3 is 10.8 Å². The molecule has 1 aromatic rings. The largest absolute Gasteiger partial charge is 0.395 e. The van der Waals surface area contributed by atoms with Crippen LogP contribution in [-0.4, -0.2) is 35.7 Å². The van der Waals surface area contributed by atoms with Gasteiger partial charge in [-0.05, 0) is 36.6 Å². The Morgan fingerprint density at radius 3 is 2.57 bits per heavy atom. The normalized spacial score (nSPS) is 10.8. The van der Waals surface area contributed by atoms with Crippen molar-refractivity contribution >= 4 is 0 Å². The van der Waals surface area contributed by atoms with Gasteiger partial charge in [-0.3, -0.25) is 4.90 Å². The minimum Gasteiger partial charge on any atom is -0.395 e. The molecule has 21 heavy (non-hydrogen) atoms. The Morgan fingerprint density at radius 1 is 1.29 bits per heavy atom. The van der Waals surface area contributed by atoms with E-state index in [1.54, 1.807) is 0 Å². The fraction of sp³-hybridized carbons (Fsp3) is 0.529. The first-order chi connectivity index (χ1) is 10.1. The molecule has 3 nitrogen and oxygen atoms in total. The Balaban J connectivity index is 2.94. The quantitative estimate of drug-likeness (QED) is 0.757. The molecule has 0 spiro atoms. The molecule has 0 radical (unpaired) electrons. The van der Waals surface area contributed by atoms with Crippen LogP contribution in [0.4, 0.5) is 4.39 Å². The van der Waals surface area contributed by atoms with E-state index in [1.165, 1.54) is 12.1 Å². The van der Waals surface area contributed by atoms with Crippen molar-refractivity contribution in [2.24, 2.45) is 5.73 Å². The van der Waals surface area contributed by atoms with Gasteiger partial charge in [-0.1, -0.05) is 25.7 Å². The van der Waals surface area contributed by atoms with E-state index in [2.05, 4.69) is 30.6 Å². The highest BCUT2D eigenvalue weighted by atomic mass is 19.1. The van der Waals surface area contributed by atoms with E-state index in [9.17, 15) is 9.50 Å². The molecule has 0 aliphatic heterocycles. The van der Waals surface area contributed by atoms with Crippen molar-refractivity contribution in [2.75, 3.05) is 19.7 Å². The SMILES string of the molecule is CCC(CC)N(CCO)Cc1cc(F)cc(C#CCN)c1. The predicted molar refractivity (Wildman–Crippen MR) is 84.2 cm³/mol. The van der Waals surface area contributed by atoms with Crippen LogP contribution in [0.3, 0.4) is 0 Å². The van der Waals surface area contributed by atoms with Gasteiger partial charge in [0.1, 0.15) is 5.82 Å². The third-order valence-electron chi connectivity index (χ3n) is 3.52. The van der Waals surface area contributed by atoms with Crippen LogP contribution in [0.5, 0.6) is 0 Å². The number of halogens is 1. The highest BCUT2D eigenvalue weighted by Gasteiger charge is 2.15. The lowest BCUT2D eigenvalue weighted by Gasteiger charge is -2.30. The van der Waals surface area contributed by atoms with Crippen molar-refractivity contribution in [3.05, 3.63) is 35.1 Å². The molecule has 0 saturated carbocycles. The van der Waals surface area contributed by atoms with Crippen LogP contribution in [0.25, 0.3) is 0 Å². The summed E-state index contributed by atoms with van der Waals surface area (Å²) < 4.78 is 13.7. The van der Waals surface area contributed by atoms with Crippen LogP contribution in [0.1, 0.15) is 37.8 Å². The first-order valence-electron chi connectivity index (χ1n) is 7.47. The average Bonchev–Trinajstić information content (AvgIpc) is 2.46. The summed E-state index contributed by atoms with van der Waals surface area (Å²) in [5.74, 6) is 5.32. The summed E-state index contributed by atoms with van der Waals surface area (Å²) in [6, 6.07) is 5.22. The van der Waals surface area contributed by atoms with E-state index in [4.69, 9.17) is 5.73 Å². The molecular weight excluding hydrogens is 267 g/mol. The third-order valence-corrected chi connectivity index (χ3v) is 3.52. The zero-order valence-corrected chi connectivity index (χ0v) is 12.9. The Morgan fingerprint density at radius 2 is 2.00 bits per heavy atom. The summed E-state index contributed by atoms with van der Waals surface area (Å²) in [7, 11) is 0. The monoisotopic (exact) mass is 292 g/mol. The summed E-state index contributed by atoms with van der Waals surface area (Å²) in [4.78, 5) is 2.19. The van der Waals surface area contributed by atoms with Gasteiger partial charge in [-0.15, -0.1) is 0 Å². The van der Waals surface area contributed by atoms with Crippen molar-refractivity contribution in [3.63, 3.8) is 0 Å². The summed E-state index contributed by atoms with van der Waals surface area (Å²) in [6.45, 7) is 5.82. The lowest BCUT2D eigenvalue weighted by atomic mass is 10.1. The summed E-state index contributed by atoms with van der Waals surface area (Å²) in [6.07, 6.45) is 2.01. The Bertz CT molecular complexity index is 489. The van der Waals surface area contributed by atoms with Gasteiger partial charge >= 0.3 is 0 Å². The van der Waals surface area contributed by atoms with Gasteiger partial charge in [0.15, 0.2) is 0 Å². The zero-order valence-electron chi connectivity index (χ0n) is 12.9. The Hall–Kier alpha value is -1.41. The van der Waals surface area contributed by atoms with E-state index >= 15 is 0 Å². The smallest absolute Gasteiger partial charge is 0.124 e. The van der Waals surface area contributed by atoms with Crippen LogP contribution in [0.2, 0.25) is 0 Å². The lowest BCUT2D eigenvalue weighted by Crippen LogP contribution is -2.36. The first-order valence-corrected chi connectivity index (χ1v) is 7.47. The number of hydrogen-bond donors (Lipinski definition) is 2. The highest BCUT2D eigenvalue weighted by molar-refractivity contribution is 5.38. The molecule has 0 aliphatic rings. The molecule has 1 aromatic carbocycles. The number of benzene rings is 1. The second-order valence-electron chi connectivity index (χ2n) is 5.02. The van der Waals surface area contributed by atoms with Crippen molar-refractivity contribution in [3.8, 4) is 11.8 Å². The molecule has 0 heterocycles. The van der Waals surface area contributed by atoms with Crippen LogP contribution >= 0.6 is 0 Å². The molecule has 1 rings (SSSR count). The molecule has 0 amide bonds.